The molecule has 0 heterocycles. The second-order valence-electron chi connectivity index (χ2n) is 6.21. The topological polar surface area (TPSA) is 109 Å². The summed E-state index contributed by atoms with van der Waals surface area (Å²) in [5.41, 5.74) is 0.526. The molecule has 0 aliphatic carbocycles. The van der Waals surface area contributed by atoms with E-state index in [1.165, 1.54) is 6.26 Å². The van der Waals surface area contributed by atoms with Crippen LogP contribution in [0.25, 0.3) is 0 Å². The zero-order chi connectivity index (χ0) is 20.3. The zero-order valence-corrected chi connectivity index (χ0v) is 17.2. The fraction of sp³-hybridized carbons (Fsp3) is 0.556. The predicted octanol–water partition coefficient (Wildman–Crippen LogP) is 0.803. The van der Waals surface area contributed by atoms with Gasteiger partial charge in [-0.3, -0.25) is 9.79 Å². The maximum absolute atomic E-state index is 12.1. The van der Waals surface area contributed by atoms with Crippen LogP contribution in [0.3, 0.4) is 0 Å². The Labute approximate surface area is 161 Å². The number of guanidine groups is 1. The summed E-state index contributed by atoms with van der Waals surface area (Å²) >= 11 is 0. The Hall–Kier alpha value is -2.29. The summed E-state index contributed by atoms with van der Waals surface area (Å²) in [4.78, 5) is 16.5. The lowest BCUT2D eigenvalue weighted by molar-refractivity contribution is 0.0954. The predicted molar refractivity (Wildman–Crippen MR) is 108 cm³/mol. The molecule has 27 heavy (non-hydrogen) atoms. The molecule has 0 radical (unpaired) electrons. The summed E-state index contributed by atoms with van der Waals surface area (Å²) < 4.78 is 27.6. The van der Waals surface area contributed by atoms with Gasteiger partial charge in [0.15, 0.2) is 5.96 Å². The Kier molecular flexibility index (Phi) is 9.63. The molecule has 152 valence electrons. The molecule has 1 amide bonds. The molecule has 0 bridgehead atoms. The van der Waals surface area contributed by atoms with Crippen molar-refractivity contribution in [1.29, 1.82) is 0 Å². The van der Waals surface area contributed by atoms with Gasteiger partial charge in [0.2, 0.25) is 0 Å². The van der Waals surface area contributed by atoms with E-state index in [1.807, 2.05) is 13.8 Å². The normalized spacial score (nSPS) is 13.0. The number of carbonyl (C=O) groups is 1. The van der Waals surface area contributed by atoms with Crippen LogP contribution in [0.4, 0.5) is 0 Å². The van der Waals surface area contributed by atoms with Gasteiger partial charge in [0.05, 0.1) is 19.4 Å². The number of amides is 1. The average Bonchev–Trinajstić information content (AvgIpc) is 2.63. The molecule has 1 aromatic rings. The minimum Gasteiger partial charge on any atom is -0.497 e. The average molecular weight is 399 g/mol. The fourth-order valence-corrected chi connectivity index (χ4v) is 3.00. The Morgan fingerprint density at radius 3 is 2.67 bits per heavy atom. The monoisotopic (exact) mass is 398 g/mol. The van der Waals surface area contributed by atoms with Crippen molar-refractivity contribution in [2.24, 2.45) is 4.99 Å². The highest BCUT2D eigenvalue weighted by molar-refractivity contribution is 7.90. The van der Waals surface area contributed by atoms with Gasteiger partial charge in [-0.15, -0.1) is 0 Å². The number of methoxy groups -OCH3 is 1. The quantitative estimate of drug-likeness (QED) is 0.306. The van der Waals surface area contributed by atoms with Crippen molar-refractivity contribution in [2.75, 3.05) is 38.8 Å². The van der Waals surface area contributed by atoms with Crippen molar-refractivity contribution in [2.45, 2.75) is 26.3 Å². The third kappa shape index (κ3) is 9.83. The number of ether oxygens (including phenoxy) is 1. The molecule has 0 aliphatic heterocycles. The van der Waals surface area contributed by atoms with Gasteiger partial charge in [-0.2, -0.15) is 0 Å². The smallest absolute Gasteiger partial charge is 0.251 e. The third-order valence-corrected chi connectivity index (χ3v) is 4.63. The Bertz CT molecular complexity index is 735. The number of hydrogen-bond acceptors (Lipinski definition) is 5. The molecule has 8 nitrogen and oxygen atoms in total. The summed E-state index contributed by atoms with van der Waals surface area (Å²) in [6.45, 7) is 5.31. The number of carbonyl (C=O) groups excluding carboxylic acids is 1. The molecule has 9 heteroatoms. The second-order valence-corrected chi connectivity index (χ2v) is 8.47. The molecule has 3 N–H and O–H groups in total. The van der Waals surface area contributed by atoms with Crippen LogP contribution in [0.15, 0.2) is 29.3 Å². The first-order chi connectivity index (χ1) is 12.7. The van der Waals surface area contributed by atoms with Crippen molar-refractivity contribution >= 4 is 21.7 Å². The molecule has 1 unspecified atom stereocenters. The van der Waals surface area contributed by atoms with Gasteiger partial charge in [0, 0.05) is 31.0 Å². The van der Waals surface area contributed by atoms with E-state index >= 15 is 0 Å². The van der Waals surface area contributed by atoms with E-state index in [9.17, 15) is 13.2 Å². The molecule has 0 saturated carbocycles. The molecule has 0 aliphatic rings. The van der Waals surface area contributed by atoms with Crippen LogP contribution in [0.1, 0.15) is 30.6 Å². The molecule has 0 fully saturated rings. The Morgan fingerprint density at radius 1 is 1.30 bits per heavy atom. The van der Waals surface area contributed by atoms with Crippen LogP contribution in [0.5, 0.6) is 5.75 Å². The summed E-state index contributed by atoms with van der Waals surface area (Å²) in [6.07, 6.45) is 1.72. The summed E-state index contributed by atoms with van der Waals surface area (Å²) in [5, 5.41) is 9.09. The minimum absolute atomic E-state index is 0.0381. The molecule has 1 rings (SSSR count). The van der Waals surface area contributed by atoms with E-state index in [4.69, 9.17) is 4.74 Å². The van der Waals surface area contributed by atoms with E-state index in [1.54, 1.807) is 31.4 Å². The molecule has 1 atom stereocenters. The number of sulfone groups is 1. The molecule has 0 aromatic heterocycles. The summed E-state index contributed by atoms with van der Waals surface area (Å²) in [5.74, 6) is 1.15. The van der Waals surface area contributed by atoms with Crippen molar-refractivity contribution in [3.05, 3.63) is 29.8 Å². The number of hydrogen-bond donors (Lipinski definition) is 3. The SMILES string of the molecule is CCNC(=NCCNC(=O)c1cccc(OC)c1)NC(C)CCS(C)(=O)=O. The highest BCUT2D eigenvalue weighted by atomic mass is 32.2. The second kappa shape index (κ2) is 11.4. The standard InChI is InChI=1S/C18H30N4O4S/c1-5-19-18(22-14(2)9-12-27(4,24)25)21-11-10-20-17(23)15-7-6-8-16(13-15)26-3/h6-8,13-14H,5,9-12H2,1-4H3,(H,20,23)(H2,19,21,22). The highest BCUT2D eigenvalue weighted by Crippen LogP contribution is 2.12. The van der Waals surface area contributed by atoms with E-state index < -0.39 is 9.84 Å². The van der Waals surface area contributed by atoms with Crippen LogP contribution in [0.2, 0.25) is 0 Å². The number of rotatable bonds is 10. The first-order valence-electron chi connectivity index (χ1n) is 8.90. The van der Waals surface area contributed by atoms with Crippen LogP contribution >= 0.6 is 0 Å². The Balaban J connectivity index is 2.49. The lowest BCUT2D eigenvalue weighted by Gasteiger charge is -2.17. The van der Waals surface area contributed by atoms with Crippen LogP contribution in [-0.2, 0) is 9.84 Å². The van der Waals surface area contributed by atoms with Gasteiger partial charge in [0.1, 0.15) is 15.6 Å². The molecule has 1 aromatic carbocycles. The van der Waals surface area contributed by atoms with E-state index in [0.29, 0.717) is 43.3 Å². The fourth-order valence-electron chi connectivity index (χ4n) is 2.22. The Morgan fingerprint density at radius 2 is 2.04 bits per heavy atom. The zero-order valence-electron chi connectivity index (χ0n) is 16.4. The van der Waals surface area contributed by atoms with Crippen molar-refractivity contribution in [1.82, 2.24) is 16.0 Å². The van der Waals surface area contributed by atoms with Crippen molar-refractivity contribution in [3.8, 4) is 5.75 Å². The summed E-state index contributed by atoms with van der Waals surface area (Å²) in [6, 6.07) is 6.89. The van der Waals surface area contributed by atoms with Gasteiger partial charge < -0.3 is 20.7 Å². The summed E-state index contributed by atoms with van der Waals surface area (Å²) in [7, 11) is -1.43. The van der Waals surface area contributed by atoms with E-state index in [-0.39, 0.29) is 17.7 Å². The number of nitrogens with zero attached hydrogens (tertiary/aromatic N) is 1. The van der Waals surface area contributed by atoms with Crippen molar-refractivity contribution in [3.63, 3.8) is 0 Å². The molecule has 0 saturated heterocycles. The number of aliphatic imine (C=N–C) groups is 1. The maximum atomic E-state index is 12.1. The first kappa shape index (κ1) is 22.8. The molecular weight excluding hydrogens is 368 g/mol. The van der Waals surface area contributed by atoms with Gasteiger partial charge in [-0.05, 0) is 38.5 Å². The van der Waals surface area contributed by atoms with Crippen molar-refractivity contribution < 1.29 is 17.9 Å². The van der Waals surface area contributed by atoms with Gasteiger partial charge in [0.25, 0.3) is 5.91 Å². The van der Waals surface area contributed by atoms with Crippen LogP contribution in [0, 0.1) is 0 Å². The number of benzene rings is 1. The van der Waals surface area contributed by atoms with Gasteiger partial charge in [-0.25, -0.2) is 8.42 Å². The molecular formula is C18H30N4O4S. The van der Waals surface area contributed by atoms with Gasteiger partial charge in [-0.1, -0.05) is 6.07 Å². The van der Waals surface area contributed by atoms with Crippen LogP contribution < -0.4 is 20.7 Å². The lowest BCUT2D eigenvalue weighted by atomic mass is 10.2. The van der Waals surface area contributed by atoms with Crippen LogP contribution in [-0.4, -0.2) is 65.1 Å². The lowest BCUT2D eigenvalue weighted by Crippen LogP contribution is -2.43. The largest absolute Gasteiger partial charge is 0.497 e. The van der Waals surface area contributed by atoms with E-state index in [2.05, 4.69) is 20.9 Å². The maximum Gasteiger partial charge on any atom is 0.251 e. The molecule has 0 spiro atoms. The highest BCUT2D eigenvalue weighted by Gasteiger charge is 2.10. The third-order valence-electron chi connectivity index (χ3n) is 3.65. The van der Waals surface area contributed by atoms with E-state index in [0.717, 1.165) is 0 Å². The first-order valence-corrected chi connectivity index (χ1v) is 11.0. The van der Waals surface area contributed by atoms with Gasteiger partial charge >= 0.3 is 0 Å². The minimum atomic E-state index is -2.99. The number of nitrogens with one attached hydrogen (secondary N) is 3.